The molecule has 0 bridgehead atoms. The first-order valence-corrected chi connectivity index (χ1v) is 16.9. The van der Waals surface area contributed by atoms with Crippen molar-refractivity contribution in [1.29, 1.82) is 0 Å². The van der Waals surface area contributed by atoms with Gasteiger partial charge in [-0.25, -0.2) is 9.59 Å². The number of para-hydroxylation sites is 2. The van der Waals surface area contributed by atoms with Crippen LogP contribution < -0.4 is 9.47 Å². The SMILES string of the molecule is CCCCOc1ccccc1C(=O)OCC(COC(=O)c1ccccc1OCCCC)CC(C)(C)[Si](C)(C)O. The smallest absolute Gasteiger partial charge is 0.341 e. The highest BCUT2D eigenvalue weighted by atomic mass is 28.4. The topological polar surface area (TPSA) is 91.3 Å². The average molecular weight is 559 g/mol. The van der Waals surface area contributed by atoms with Crippen LogP contribution in [0.3, 0.4) is 0 Å². The van der Waals surface area contributed by atoms with Crippen molar-refractivity contribution in [2.24, 2.45) is 5.92 Å². The maximum Gasteiger partial charge on any atom is 0.341 e. The Balaban J connectivity index is 2.13. The minimum atomic E-state index is -2.56. The number of benzene rings is 2. The summed E-state index contributed by atoms with van der Waals surface area (Å²) in [6, 6.07) is 14.1. The lowest BCUT2D eigenvalue weighted by atomic mass is 9.97. The molecule has 0 aliphatic heterocycles. The van der Waals surface area contributed by atoms with Crippen LogP contribution >= 0.6 is 0 Å². The Morgan fingerprint density at radius 1 is 0.795 bits per heavy atom. The second-order valence-corrected chi connectivity index (χ2v) is 15.6. The van der Waals surface area contributed by atoms with Crippen molar-refractivity contribution in [3.05, 3.63) is 59.7 Å². The van der Waals surface area contributed by atoms with Crippen LogP contribution in [0.2, 0.25) is 18.1 Å². The maximum absolute atomic E-state index is 13.0. The summed E-state index contributed by atoms with van der Waals surface area (Å²) >= 11 is 0. The van der Waals surface area contributed by atoms with Gasteiger partial charge in [0, 0.05) is 5.92 Å². The van der Waals surface area contributed by atoms with Crippen LogP contribution in [0.4, 0.5) is 0 Å². The fraction of sp³-hybridized carbons (Fsp3) is 0.548. The van der Waals surface area contributed by atoms with Gasteiger partial charge >= 0.3 is 11.9 Å². The van der Waals surface area contributed by atoms with E-state index in [0.717, 1.165) is 25.7 Å². The predicted octanol–water partition coefficient (Wildman–Crippen LogP) is 7.04. The van der Waals surface area contributed by atoms with Crippen molar-refractivity contribution in [2.45, 2.75) is 77.9 Å². The van der Waals surface area contributed by atoms with E-state index in [9.17, 15) is 14.4 Å². The van der Waals surface area contributed by atoms with E-state index in [1.54, 1.807) is 36.4 Å². The normalized spacial score (nSPS) is 11.8. The van der Waals surface area contributed by atoms with Gasteiger partial charge in [-0.05, 0) is 61.7 Å². The molecule has 39 heavy (non-hydrogen) atoms. The summed E-state index contributed by atoms with van der Waals surface area (Å²) in [6.07, 6.45) is 4.27. The summed E-state index contributed by atoms with van der Waals surface area (Å²) in [5.74, 6) is -0.323. The maximum atomic E-state index is 13.0. The third-order valence-electron chi connectivity index (χ3n) is 7.08. The molecule has 0 aliphatic rings. The molecular formula is C31H46O7Si. The Hall–Kier alpha value is -2.84. The zero-order chi connectivity index (χ0) is 28.9. The first-order chi connectivity index (χ1) is 18.5. The lowest BCUT2D eigenvalue weighted by Gasteiger charge is -2.37. The summed E-state index contributed by atoms with van der Waals surface area (Å²) in [6.45, 7) is 13.1. The molecule has 0 amide bonds. The zero-order valence-corrected chi connectivity index (χ0v) is 25.5. The number of ether oxygens (including phenoxy) is 4. The van der Waals surface area contributed by atoms with Gasteiger partial charge in [-0.3, -0.25) is 0 Å². The van der Waals surface area contributed by atoms with Gasteiger partial charge in [0.1, 0.15) is 22.6 Å². The molecule has 0 aliphatic carbocycles. The van der Waals surface area contributed by atoms with Gasteiger partial charge in [0.15, 0.2) is 8.32 Å². The molecule has 0 aromatic heterocycles. The molecule has 2 rings (SSSR count). The van der Waals surface area contributed by atoms with Gasteiger partial charge < -0.3 is 23.7 Å². The second kappa shape index (κ2) is 15.7. The van der Waals surface area contributed by atoms with E-state index in [2.05, 4.69) is 13.8 Å². The summed E-state index contributed by atoms with van der Waals surface area (Å²) in [7, 11) is -2.56. The number of carbonyl (C=O) groups is 2. The van der Waals surface area contributed by atoms with Crippen molar-refractivity contribution in [2.75, 3.05) is 26.4 Å². The Labute approximate surface area is 234 Å². The van der Waals surface area contributed by atoms with Crippen LogP contribution in [0, 0.1) is 5.92 Å². The number of rotatable bonds is 17. The fourth-order valence-electron chi connectivity index (χ4n) is 3.86. The van der Waals surface area contributed by atoms with Crippen molar-refractivity contribution in [3.63, 3.8) is 0 Å². The standard InChI is InChI=1S/C31H46O7Si/c1-7-9-19-35-27-17-13-11-15-25(27)29(32)37-22-24(21-31(3,4)39(5,6)34)23-38-30(33)26-16-12-14-18-28(26)36-20-10-8-2/h11-18,24,34H,7-10,19-23H2,1-6H3. The van der Waals surface area contributed by atoms with E-state index >= 15 is 0 Å². The molecule has 0 spiro atoms. The van der Waals surface area contributed by atoms with Gasteiger partial charge in [-0.1, -0.05) is 64.8 Å². The molecule has 0 saturated carbocycles. The molecule has 0 fully saturated rings. The highest BCUT2D eigenvalue weighted by molar-refractivity contribution is 6.72. The monoisotopic (exact) mass is 558 g/mol. The quantitative estimate of drug-likeness (QED) is 0.126. The van der Waals surface area contributed by atoms with E-state index in [0.29, 0.717) is 42.3 Å². The van der Waals surface area contributed by atoms with Crippen LogP contribution in [0.5, 0.6) is 11.5 Å². The number of carbonyl (C=O) groups excluding carboxylic acids is 2. The second-order valence-electron chi connectivity index (χ2n) is 11.1. The van der Waals surface area contributed by atoms with Gasteiger partial charge in [0.25, 0.3) is 0 Å². The Kier molecular flexibility index (Phi) is 13.0. The molecule has 2 aromatic rings. The molecule has 7 nitrogen and oxygen atoms in total. The Bertz CT molecular complexity index is 976. The third kappa shape index (κ3) is 10.3. The van der Waals surface area contributed by atoms with E-state index in [1.807, 2.05) is 39.1 Å². The molecule has 0 atom stereocenters. The van der Waals surface area contributed by atoms with Crippen LogP contribution in [-0.4, -0.2) is 51.5 Å². The lowest BCUT2D eigenvalue weighted by molar-refractivity contribution is 0.0225. The molecule has 8 heteroatoms. The van der Waals surface area contributed by atoms with E-state index in [-0.39, 0.29) is 19.1 Å². The van der Waals surface area contributed by atoms with Crippen LogP contribution in [0.1, 0.15) is 80.5 Å². The molecule has 0 radical (unpaired) electrons. The van der Waals surface area contributed by atoms with Crippen LogP contribution in [0.15, 0.2) is 48.5 Å². The predicted molar refractivity (Wildman–Crippen MR) is 156 cm³/mol. The molecule has 2 aromatic carbocycles. The van der Waals surface area contributed by atoms with Crippen molar-refractivity contribution < 1.29 is 33.3 Å². The Morgan fingerprint density at radius 2 is 1.21 bits per heavy atom. The Morgan fingerprint density at radius 3 is 1.59 bits per heavy atom. The molecule has 1 N–H and O–H groups in total. The van der Waals surface area contributed by atoms with Gasteiger partial charge in [-0.15, -0.1) is 0 Å². The first-order valence-electron chi connectivity index (χ1n) is 14.0. The van der Waals surface area contributed by atoms with Crippen molar-refractivity contribution in [3.8, 4) is 11.5 Å². The summed E-state index contributed by atoms with van der Waals surface area (Å²) < 4.78 is 23.0. The minimum absolute atomic E-state index is 0.0396. The average Bonchev–Trinajstić information content (AvgIpc) is 2.90. The van der Waals surface area contributed by atoms with Crippen LogP contribution in [-0.2, 0) is 9.47 Å². The third-order valence-corrected chi connectivity index (χ3v) is 10.6. The minimum Gasteiger partial charge on any atom is -0.493 e. The highest BCUT2D eigenvalue weighted by Gasteiger charge is 2.40. The highest BCUT2D eigenvalue weighted by Crippen LogP contribution is 2.41. The number of esters is 2. The molecule has 0 unspecified atom stereocenters. The van der Waals surface area contributed by atoms with E-state index < -0.39 is 25.3 Å². The fourth-order valence-corrected chi connectivity index (χ4v) is 4.64. The van der Waals surface area contributed by atoms with Gasteiger partial charge in [0.05, 0.1) is 26.4 Å². The summed E-state index contributed by atoms with van der Waals surface area (Å²) in [5.41, 5.74) is 0.720. The van der Waals surface area contributed by atoms with Crippen molar-refractivity contribution in [1.82, 2.24) is 0 Å². The molecule has 0 saturated heterocycles. The largest absolute Gasteiger partial charge is 0.493 e. The lowest BCUT2D eigenvalue weighted by Crippen LogP contribution is -2.41. The van der Waals surface area contributed by atoms with E-state index in [4.69, 9.17) is 18.9 Å². The van der Waals surface area contributed by atoms with Crippen LogP contribution in [0.25, 0.3) is 0 Å². The number of hydrogen-bond donors (Lipinski definition) is 1. The zero-order valence-electron chi connectivity index (χ0n) is 24.5. The molecule has 216 valence electrons. The summed E-state index contributed by atoms with van der Waals surface area (Å²) in [5, 5.41) is -0.404. The first kappa shape index (κ1) is 32.4. The molecule has 0 heterocycles. The molecular weight excluding hydrogens is 512 g/mol. The van der Waals surface area contributed by atoms with Crippen molar-refractivity contribution >= 4 is 20.3 Å². The van der Waals surface area contributed by atoms with E-state index in [1.165, 1.54) is 0 Å². The number of hydrogen-bond acceptors (Lipinski definition) is 7. The van der Waals surface area contributed by atoms with Gasteiger partial charge in [-0.2, -0.15) is 0 Å². The number of unbranched alkanes of at least 4 members (excludes halogenated alkanes) is 2. The summed E-state index contributed by atoms with van der Waals surface area (Å²) in [4.78, 5) is 36.9. The van der Waals surface area contributed by atoms with Gasteiger partial charge in [0.2, 0.25) is 0 Å².